The van der Waals surface area contributed by atoms with Gasteiger partial charge in [-0.25, -0.2) is 9.59 Å². The number of hydrogen-bond acceptors (Lipinski definition) is 9. The summed E-state index contributed by atoms with van der Waals surface area (Å²) in [5, 5.41) is 21.3. The Morgan fingerprint density at radius 2 is 1.72 bits per heavy atom. The van der Waals surface area contributed by atoms with E-state index in [9.17, 15) is 24.4 Å². The predicted octanol–water partition coefficient (Wildman–Crippen LogP) is 5.75. The van der Waals surface area contributed by atoms with Crippen LogP contribution in [-0.2, 0) is 25.7 Å². The molecule has 2 amide bonds. The van der Waals surface area contributed by atoms with Crippen LogP contribution in [-0.4, -0.2) is 71.4 Å². The summed E-state index contributed by atoms with van der Waals surface area (Å²) in [5.41, 5.74) is 1.24. The summed E-state index contributed by atoms with van der Waals surface area (Å²) in [6, 6.07) is 21.4. The molecule has 4 rings (SSSR count). The van der Waals surface area contributed by atoms with Crippen molar-refractivity contribution < 1.29 is 43.2 Å². The molecule has 1 aliphatic rings. The van der Waals surface area contributed by atoms with E-state index in [1.54, 1.807) is 35.2 Å². The Hall–Kier alpha value is -5.83. The van der Waals surface area contributed by atoms with Crippen molar-refractivity contribution in [1.29, 1.82) is 5.26 Å². The third kappa shape index (κ3) is 12.0. The Morgan fingerprint density at radius 1 is 1.02 bits per heavy atom. The molecule has 50 heavy (non-hydrogen) atoms. The van der Waals surface area contributed by atoms with E-state index in [0.29, 0.717) is 42.8 Å². The Kier molecular flexibility index (Phi) is 13.0. The molecule has 3 aromatic carbocycles. The van der Waals surface area contributed by atoms with E-state index in [1.165, 1.54) is 18.2 Å². The molecule has 12 heteroatoms. The number of amides is 2. The molecule has 262 valence electrons. The minimum absolute atomic E-state index is 0.0526. The van der Waals surface area contributed by atoms with Crippen LogP contribution >= 0.6 is 0 Å². The summed E-state index contributed by atoms with van der Waals surface area (Å²) in [4.78, 5) is 51.3. The molecule has 2 N–H and O–H groups in total. The number of aliphatic carboxylic acids is 1. The van der Waals surface area contributed by atoms with Gasteiger partial charge in [0.2, 0.25) is 0 Å². The molecular weight excluding hydrogens is 642 g/mol. The number of carboxylic acid groups (broad SMARTS) is 1. The van der Waals surface area contributed by atoms with Gasteiger partial charge < -0.3 is 34.3 Å². The number of carbonyl (C=O) groups excluding carboxylic acids is 3. The fraction of sp³-hybridized carbons (Fsp3) is 0.342. The van der Waals surface area contributed by atoms with Crippen LogP contribution in [0.15, 0.2) is 78.9 Å². The number of hydrogen-bond donors (Lipinski definition) is 2. The molecule has 0 bridgehead atoms. The lowest BCUT2D eigenvalue weighted by atomic mass is 10.1. The van der Waals surface area contributed by atoms with Crippen LogP contribution in [0.2, 0.25) is 0 Å². The van der Waals surface area contributed by atoms with E-state index in [0.717, 1.165) is 11.6 Å². The van der Waals surface area contributed by atoms with Gasteiger partial charge in [0.05, 0.1) is 24.1 Å². The van der Waals surface area contributed by atoms with Crippen LogP contribution in [0.1, 0.15) is 67.1 Å². The van der Waals surface area contributed by atoms with Gasteiger partial charge in [0.15, 0.2) is 0 Å². The van der Waals surface area contributed by atoms with Gasteiger partial charge in [-0.3, -0.25) is 9.59 Å². The van der Waals surface area contributed by atoms with E-state index < -0.39 is 29.5 Å². The smallest absolute Gasteiger partial charge is 0.410 e. The summed E-state index contributed by atoms with van der Waals surface area (Å²) >= 11 is 0. The zero-order chi connectivity index (χ0) is 36.1. The normalized spacial score (nSPS) is 13.9. The number of piperidine rings is 1. The van der Waals surface area contributed by atoms with Gasteiger partial charge in [0.1, 0.15) is 36.4 Å². The maximum absolute atomic E-state index is 13.3. The second kappa shape index (κ2) is 17.5. The number of nitriles is 1. The van der Waals surface area contributed by atoms with Crippen molar-refractivity contribution in [3.8, 4) is 17.6 Å². The van der Waals surface area contributed by atoms with E-state index >= 15 is 0 Å². The first-order valence-electron chi connectivity index (χ1n) is 16.2. The van der Waals surface area contributed by atoms with Crippen LogP contribution in [0.25, 0.3) is 6.08 Å². The first-order valence-corrected chi connectivity index (χ1v) is 16.2. The molecule has 1 atom stereocenters. The first kappa shape index (κ1) is 37.0. The summed E-state index contributed by atoms with van der Waals surface area (Å²) in [6.07, 6.45) is 2.87. The molecule has 1 aliphatic heterocycles. The molecule has 0 spiro atoms. The number of nitrogens with zero attached hydrogens (tertiary/aromatic N) is 2. The van der Waals surface area contributed by atoms with Crippen molar-refractivity contribution in [3.63, 3.8) is 0 Å². The van der Waals surface area contributed by atoms with Gasteiger partial charge in [0, 0.05) is 43.1 Å². The SMILES string of the molecule is CC(C)(C)OC(=O)N1CCC(Oc2ccc(C(=O)NC(COc3cc(C#N)ccc3/C=C/C(=O)O)CC(=O)OCc3ccccc3)cc2)CC1. The zero-order valence-electron chi connectivity index (χ0n) is 28.3. The lowest BCUT2D eigenvalue weighted by Gasteiger charge is -2.33. The minimum Gasteiger partial charge on any atom is -0.491 e. The average molecular weight is 684 g/mol. The molecular formula is C38H41N3O9. The molecule has 0 radical (unpaired) electrons. The summed E-state index contributed by atoms with van der Waals surface area (Å²) in [5.74, 6) is -1.42. The number of esters is 1. The van der Waals surface area contributed by atoms with E-state index in [1.807, 2.05) is 57.2 Å². The van der Waals surface area contributed by atoms with Crippen molar-refractivity contribution in [2.24, 2.45) is 0 Å². The number of nitrogens with one attached hydrogen (secondary N) is 1. The maximum atomic E-state index is 13.3. The number of benzene rings is 3. The van der Waals surface area contributed by atoms with Gasteiger partial charge in [-0.15, -0.1) is 0 Å². The third-order valence-electron chi connectivity index (χ3n) is 7.49. The Labute approximate surface area is 291 Å². The van der Waals surface area contributed by atoms with Crippen molar-refractivity contribution in [2.75, 3.05) is 19.7 Å². The van der Waals surface area contributed by atoms with E-state index in [-0.39, 0.29) is 43.1 Å². The van der Waals surface area contributed by atoms with E-state index in [2.05, 4.69) is 5.32 Å². The van der Waals surface area contributed by atoms with Gasteiger partial charge in [-0.2, -0.15) is 5.26 Å². The predicted molar refractivity (Wildman–Crippen MR) is 183 cm³/mol. The molecule has 1 fully saturated rings. The standard InChI is InChI=1S/C38H41N3O9/c1-38(2,3)50-37(46)41-19-17-32(18-20-41)49-31-14-11-29(12-15-31)36(45)40-30(22-35(44)48-24-26-7-5-4-6-8-26)25-47-33-21-27(23-39)9-10-28(33)13-16-34(42)43/h4-16,21,30,32H,17-20,22,24-25H2,1-3H3,(H,40,45)(H,42,43)/b16-13+. The number of likely N-dealkylation sites (tertiary alicyclic amines) is 1. The summed E-state index contributed by atoms with van der Waals surface area (Å²) < 4.78 is 23.0. The van der Waals surface area contributed by atoms with E-state index in [4.69, 9.17) is 24.1 Å². The summed E-state index contributed by atoms with van der Waals surface area (Å²) in [7, 11) is 0. The maximum Gasteiger partial charge on any atom is 0.410 e. The molecule has 1 unspecified atom stereocenters. The molecule has 3 aromatic rings. The molecule has 0 aliphatic carbocycles. The first-order chi connectivity index (χ1) is 23.9. The van der Waals surface area contributed by atoms with Crippen molar-refractivity contribution in [3.05, 3.63) is 101 Å². The fourth-order valence-corrected chi connectivity index (χ4v) is 5.00. The number of carbonyl (C=O) groups is 4. The van der Waals surface area contributed by atoms with Gasteiger partial charge in [-0.05, 0) is 74.9 Å². The highest BCUT2D eigenvalue weighted by Gasteiger charge is 2.28. The Balaban J connectivity index is 1.39. The van der Waals surface area contributed by atoms with Crippen molar-refractivity contribution in [2.45, 2.75) is 64.4 Å². The topological polar surface area (TPSA) is 164 Å². The number of ether oxygens (including phenoxy) is 4. The van der Waals surface area contributed by atoms with Crippen LogP contribution in [0, 0.1) is 11.3 Å². The molecule has 0 aromatic heterocycles. The van der Waals surface area contributed by atoms with Crippen LogP contribution < -0.4 is 14.8 Å². The lowest BCUT2D eigenvalue weighted by molar-refractivity contribution is -0.145. The van der Waals surface area contributed by atoms with Crippen molar-refractivity contribution in [1.82, 2.24) is 10.2 Å². The van der Waals surface area contributed by atoms with Gasteiger partial charge >= 0.3 is 18.0 Å². The van der Waals surface area contributed by atoms with Crippen molar-refractivity contribution >= 4 is 30.0 Å². The van der Waals surface area contributed by atoms with Crippen LogP contribution in [0.5, 0.6) is 11.5 Å². The average Bonchev–Trinajstić information content (AvgIpc) is 3.09. The number of rotatable bonds is 13. The minimum atomic E-state index is -1.16. The second-order valence-corrected chi connectivity index (χ2v) is 12.7. The highest BCUT2D eigenvalue weighted by molar-refractivity contribution is 5.94. The largest absolute Gasteiger partial charge is 0.491 e. The highest BCUT2D eigenvalue weighted by atomic mass is 16.6. The second-order valence-electron chi connectivity index (χ2n) is 12.7. The zero-order valence-corrected chi connectivity index (χ0v) is 28.3. The number of carboxylic acids is 1. The molecule has 1 saturated heterocycles. The van der Waals surface area contributed by atoms with Gasteiger partial charge in [-0.1, -0.05) is 30.3 Å². The third-order valence-corrected chi connectivity index (χ3v) is 7.49. The lowest BCUT2D eigenvalue weighted by Crippen LogP contribution is -2.44. The quantitative estimate of drug-likeness (QED) is 0.168. The highest BCUT2D eigenvalue weighted by Crippen LogP contribution is 2.24. The molecule has 1 heterocycles. The van der Waals surface area contributed by atoms with Gasteiger partial charge in [0.25, 0.3) is 5.91 Å². The fourth-order valence-electron chi connectivity index (χ4n) is 5.00. The Bertz CT molecular complexity index is 1700. The monoisotopic (exact) mass is 683 g/mol. The van der Waals surface area contributed by atoms with Crippen LogP contribution in [0.3, 0.4) is 0 Å². The van der Waals surface area contributed by atoms with Crippen LogP contribution in [0.4, 0.5) is 4.79 Å². The Morgan fingerprint density at radius 3 is 2.36 bits per heavy atom. The molecule has 12 nitrogen and oxygen atoms in total. The summed E-state index contributed by atoms with van der Waals surface area (Å²) in [6.45, 7) is 6.38. The molecule has 0 saturated carbocycles.